The summed E-state index contributed by atoms with van der Waals surface area (Å²) in [5, 5.41) is 0. The molecule has 0 aliphatic carbocycles. The summed E-state index contributed by atoms with van der Waals surface area (Å²) in [5.74, 6) is 0.0480. The number of halogens is 3. The van der Waals surface area contributed by atoms with Crippen LogP contribution < -0.4 is 0 Å². The molecular formula is C28H32F3N3O5S. The number of ether oxygens (including phenoxy) is 1. The second kappa shape index (κ2) is 13.4. The first-order valence-electron chi connectivity index (χ1n) is 12.9. The van der Waals surface area contributed by atoms with Crippen molar-refractivity contribution in [2.75, 3.05) is 52.5 Å². The molecule has 0 spiro atoms. The third kappa shape index (κ3) is 8.17. The maximum atomic E-state index is 13.7. The Morgan fingerprint density at radius 3 is 2.38 bits per heavy atom. The fourth-order valence-corrected chi connectivity index (χ4v) is 5.81. The highest BCUT2D eigenvalue weighted by Crippen LogP contribution is 2.31. The lowest BCUT2D eigenvalue weighted by Crippen LogP contribution is -2.47. The van der Waals surface area contributed by atoms with E-state index in [1.807, 2.05) is 35.2 Å². The second-order valence-electron chi connectivity index (χ2n) is 9.45. The van der Waals surface area contributed by atoms with Gasteiger partial charge in [-0.1, -0.05) is 36.4 Å². The van der Waals surface area contributed by atoms with Gasteiger partial charge >= 0.3 is 6.18 Å². The maximum absolute atomic E-state index is 13.7. The molecule has 0 unspecified atom stereocenters. The van der Waals surface area contributed by atoms with Gasteiger partial charge in [0.15, 0.2) is 0 Å². The van der Waals surface area contributed by atoms with Crippen molar-refractivity contribution in [3.63, 3.8) is 0 Å². The molecular weight excluding hydrogens is 547 g/mol. The molecule has 12 heteroatoms. The Labute approximate surface area is 232 Å². The molecule has 1 amide bonds. The van der Waals surface area contributed by atoms with Crippen molar-refractivity contribution in [2.45, 2.75) is 24.0 Å². The van der Waals surface area contributed by atoms with Gasteiger partial charge in [0.1, 0.15) is 5.76 Å². The van der Waals surface area contributed by atoms with Crippen molar-refractivity contribution in [3.8, 4) is 0 Å². The summed E-state index contributed by atoms with van der Waals surface area (Å²) >= 11 is 0. The quantitative estimate of drug-likeness (QED) is 0.324. The Balaban J connectivity index is 1.58. The minimum atomic E-state index is -4.71. The molecule has 3 aromatic rings. The maximum Gasteiger partial charge on any atom is 0.416 e. The van der Waals surface area contributed by atoms with E-state index in [9.17, 15) is 26.4 Å². The second-order valence-corrected chi connectivity index (χ2v) is 11.4. The van der Waals surface area contributed by atoms with E-state index in [4.69, 9.17) is 9.15 Å². The van der Waals surface area contributed by atoms with Crippen LogP contribution >= 0.6 is 0 Å². The molecule has 8 nitrogen and oxygen atoms in total. The van der Waals surface area contributed by atoms with E-state index in [2.05, 4.69) is 0 Å². The summed E-state index contributed by atoms with van der Waals surface area (Å²) in [6, 6.07) is 16.6. The summed E-state index contributed by atoms with van der Waals surface area (Å²) in [7, 11) is -4.44. The molecule has 2 aromatic carbocycles. The van der Waals surface area contributed by atoms with E-state index in [0.717, 1.165) is 28.1 Å². The summed E-state index contributed by atoms with van der Waals surface area (Å²) in [5.41, 5.74) is -0.0733. The Bertz CT molecular complexity index is 1330. The Morgan fingerprint density at radius 2 is 1.70 bits per heavy atom. The average molecular weight is 580 g/mol. The monoisotopic (exact) mass is 579 g/mol. The summed E-state index contributed by atoms with van der Waals surface area (Å²) in [6.45, 7) is 2.29. The summed E-state index contributed by atoms with van der Waals surface area (Å²) in [6.07, 6.45) is -2.69. The van der Waals surface area contributed by atoms with Gasteiger partial charge in [0.25, 0.3) is 0 Å². The van der Waals surface area contributed by atoms with Crippen molar-refractivity contribution in [1.29, 1.82) is 0 Å². The topological polar surface area (TPSA) is 83.3 Å². The van der Waals surface area contributed by atoms with Crippen LogP contribution in [0.2, 0.25) is 0 Å². The number of sulfonamides is 1. The zero-order valence-electron chi connectivity index (χ0n) is 21.9. The number of morpholine rings is 1. The van der Waals surface area contributed by atoms with Crippen LogP contribution in [0.15, 0.2) is 82.3 Å². The van der Waals surface area contributed by atoms with E-state index < -0.39 is 39.1 Å². The lowest BCUT2D eigenvalue weighted by Gasteiger charge is -2.31. The standard InChI is InChI=1S/C28H32F3N3O5S/c29-28(30,31)24-8-4-10-26(20-24)40(36,37)34(14-13-32-15-18-38-19-16-32)22-27(35)33(21-25-9-5-17-39-25)12-11-23-6-2-1-3-7-23/h1-10,17,20H,11-16,18-19,21-22H2. The predicted molar refractivity (Wildman–Crippen MR) is 142 cm³/mol. The number of amides is 1. The molecule has 0 bridgehead atoms. The van der Waals surface area contributed by atoms with Crippen molar-refractivity contribution < 1.29 is 35.5 Å². The van der Waals surface area contributed by atoms with Crippen LogP contribution in [0.4, 0.5) is 13.2 Å². The molecule has 1 aliphatic rings. The predicted octanol–water partition coefficient (Wildman–Crippen LogP) is 3.89. The Hall–Kier alpha value is -3.19. The number of furan rings is 1. The smallest absolute Gasteiger partial charge is 0.416 e. The molecule has 0 atom stereocenters. The van der Waals surface area contributed by atoms with Crippen molar-refractivity contribution in [1.82, 2.24) is 14.1 Å². The number of hydrogen-bond acceptors (Lipinski definition) is 6. The van der Waals surface area contributed by atoms with Crippen molar-refractivity contribution in [2.24, 2.45) is 0 Å². The van der Waals surface area contributed by atoms with Gasteiger partial charge in [-0.05, 0) is 42.3 Å². The van der Waals surface area contributed by atoms with E-state index in [1.165, 1.54) is 11.2 Å². The minimum Gasteiger partial charge on any atom is -0.467 e. The SMILES string of the molecule is O=C(CN(CCN1CCOCC1)S(=O)(=O)c1cccc(C(F)(F)F)c1)N(CCc1ccccc1)Cc1ccco1. The van der Waals surface area contributed by atoms with E-state index in [-0.39, 0.29) is 13.1 Å². The van der Waals surface area contributed by atoms with Gasteiger partial charge < -0.3 is 14.1 Å². The van der Waals surface area contributed by atoms with Gasteiger partial charge in [0, 0.05) is 32.7 Å². The molecule has 1 aromatic heterocycles. The van der Waals surface area contributed by atoms with E-state index in [0.29, 0.717) is 57.6 Å². The van der Waals surface area contributed by atoms with Gasteiger partial charge in [-0.3, -0.25) is 9.69 Å². The third-order valence-electron chi connectivity index (χ3n) is 6.67. The van der Waals surface area contributed by atoms with E-state index >= 15 is 0 Å². The first kappa shape index (κ1) is 29.8. The van der Waals surface area contributed by atoms with Crippen LogP contribution in [-0.2, 0) is 38.7 Å². The number of hydrogen-bond donors (Lipinski definition) is 0. The zero-order chi connectivity index (χ0) is 28.6. The molecule has 1 aliphatic heterocycles. The highest BCUT2D eigenvalue weighted by atomic mass is 32.2. The van der Waals surface area contributed by atoms with Crippen molar-refractivity contribution in [3.05, 3.63) is 89.9 Å². The van der Waals surface area contributed by atoms with Crippen LogP contribution in [0.1, 0.15) is 16.9 Å². The van der Waals surface area contributed by atoms with Crippen LogP contribution in [0.3, 0.4) is 0 Å². The Morgan fingerprint density at radius 1 is 0.950 bits per heavy atom. The molecule has 4 rings (SSSR count). The molecule has 1 fully saturated rings. The molecule has 40 heavy (non-hydrogen) atoms. The van der Waals surface area contributed by atoms with Crippen LogP contribution in [-0.4, -0.2) is 80.9 Å². The zero-order valence-corrected chi connectivity index (χ0v) is 22.7. The number of benzene rings is 2. The molecule has 0 saturated carbocycles. The molecule has 2 heterocycles. The highest BCUT2D eigenvalue weighted by Gasteiger charge is 2.34. The van der Waals surface area contributed by atoms with Crippen molar-refractivity contribution >= 4 is 15.9 Å². The van der Waals surface area contributed by atoms with Gasteiger partial charge in [-0.2, -0.15) is 17.5 Å². The van der Waals surface area contributed by atoms with E-state index in [1.54, 1.807) is 12.1 Å². The van der Waals surface area contributed by atoms with Crippen LogP contribution in [0, 0.1) is 0 Å². The van der Waals surface area contributed by atoms with Gasteiger partial charge in [-0.15, -0.1) is 0 Å². The number of nitrogens with zero attached hydrogens (tertiary/aromatic N) is 3. The first-order valence-corrected chi connectivity index (χ1v) is 14.4. The molecule has 0 radical (unpaired) electrons. The fraction of sp³-hybridized carbons (Fsp3) is 0.393. The lowest BCUT2D eigenvalue weighted by molar-refractivity contribution is -0.137. The number of carbonyl (C=O) groups is 1. The minimum absolute atomic E-state index is 0.0718. The third-order valence-corrected chi connectivity index (χ3v) is 8.51. The largest absolute Gasteiger partial charge is 0.467 e. The van der Waals surface area contributed by atoms with Gasteiger partial charge in [0.05, 0.1) is 43.0 Å². The summed E-state index contributed by atoms with van der Waals surface area (Å²) in [4.78, 5) is 16.6. The first-order chi connectivity index (χ1) is 19.1. The lowest BCUT2D eigenvalue weighted by atomic mass is 10.1. The Kier molecular flexibility index (Phi) is 10.0. The number of rotatable bonds is 12. The highest BCUT2D eigenvalue weighted by molar-refractivity contribution is 7.89. The average Bonchev–Trinajstić information content (AvgIpc) is 3.47. The fourth-order valence-electron chi connectivity index (χ4n) is 4.39. The molecule has 216 valence electrons. The van der Waals surface area contributed by atoms with Crippen LogP contribution in [0.5, 0.6) is 0 Å². The number of carbonyl (C=O) groups excluding carboxylic acids is 1. The van der Waals surface area contributed by atoms with Crippen LogP contribution in [0.25, 0.3) is 0 Å². The summed E-state index contributed by atoms with van der Waals surface area (Å²) < 4.78 is 79.2. The molecule has 1 saturated heterocycles. The normalized spacial score (nSPS) is 14.9. The van der Waals surface area contributed by atoms with Gasteiger partial charge in [0.2, 0.25) is 15.9 Å². The number of alkyl halides is 3. The molecule has 0 N–H and O–H groups in total. The van der Waals surface area contributed by atoms with Gasteiger partial charge in [-0.25, -0.2) is 8.42 Å².